The van der Waals surface area contributed by atoms with Gasteiger partial charge in [0.1, 0.15) is 5.25 Å². The zero-order chi connectivity index (χ0) is 13.1. The molecule has 0 aliphatic heterocycles. The maximum Gasteiger partial charge on any atom is 0.242 e. The molecule has 1 rings (SSSR count). The van der Waals surface area contributed by atoms with Crippen molar-refractivity contribution in [1.29, 1.82) is 0 Å². The van der Waals surface area contributed by atoms with Crippen LogP contribution in [-0.2, 0) is 20.5 Å². The average Bonchev–Trinajstić information content (AvgIpc) is 2.27. The minimum absolute atomic E-state index is 0.339. The fourth-order valence-corrected chi connectivity index (χ4v) is 1.78. The molecular weight excluding hydrogens is 262 g/mol. The van der Waals surface area contributed by atoms with Crippen LogP contribution in [0.2, 0.25) is 0 Å². The summed E-state index contributed by atoms with van der Waals surface area (Å²) >= 11 is 5.66. The van der Waals surface area contributed by atoms with Gasteiger partial charge in [-0.3, -0.25) is 4.79 Å². The Balaban J connectivity index is 2.81. The molecule has 1 aromatic carbocycles. The Labute approximate surface area is 106 Å². The summed E-state index contributed by atoms with van der Waals surface area (Å²) in [5.41, 5.74) is 1.40. The lowest BCUT2D eigenvalue weighted by Gasteiger charge is -2.10. The largest absolute Gasteiger partial charge is 0.325 e. The summed E-state index contributed by atoms with van der Waals surface area (Å²) in [7, 11) is -3.38. The molecule has 1 aromatic rings. The van der Waals surface area contributed by atoms with E-state index in [2.05, 4.69) is 5.32 Å². The Kier molecular flexibility index (Phi) is 4.54. The van der Waals surface area contributed by atoms with Crippen LogP contribution in [-0.4, -0.2) is 25.8 Å². The van der Waals surface area contributed by atoms with E-state index in [1.54, 1.807) is 18.2 Å². The van der Waals surface area contributed by atoms with Gasteiger partial charge >= 0.3 is 0 Å². The second-order valence-corrected chi connectivity index (χ2v) is 6.43. The summed E-state index contributed by atoms with van der Waals surface area (Å²) in [5.74, 6) is -0.204. The molecule has 1 amide bonds. The van der Waals surface area contributed by atoms with E-state index in [0.717, 1.165) is 11.8 Å². The molecule has 0 saturated heterocycles. The highest BCUT2D eigenvalue weighted by molar-refractivity contribution is 7.92. The minimum atomic E-state index is -3.38. The number of halogens is 1. The number of carbonyl (C=O) groups excluding carboxylic acids is 1. The number of hydrogen-bond donors (Lipinski definition) is 1. The predicted octanol–water partition coefficient (Wildman–Crippen LogP) is 1.80. The predicted molar refractivity (Wildman–Crippen MR) is 68.9 cm³/mol. The monoisotopic (exact) mass is 275 g/mol. The van der Waals surface area contributed by atoms with Crippen LogP contribution in [0.4, 0.5) is 5.69 Å². The summed E-state index contributed by atoms with van der Waals surface area (Å²) in [5, 5.41) is 1.48. The van der Waals surface area contributed by atoms with Crippen LogP contribution >= 0.6 is 11.6 Å². The first kappa shape index (κ1) is 14.0. The van der Waals surface area contributed by atoms with Gasteiger partial charge < -0.3 is 5.32 Å². The van der Waals surface area contributed by atoms with Crippen LogP contribution in [0.5, 0.6) is 0 Å². The number of sulfone groups is 1. The molecule has 0 aliphatic carbocycles. The summed E-state index contributed by atoms with van der Waals surface area (Å²) in [6.07, 6.45) is 1.03. The molecule has 4 nitrogen and oxygen atoms in total. The SMILES string of the molecule is CC(C(=O)Nc1cccc(CCl)c1)S(C)(=O)=O. The van der Waals surface area contributed by atoms with Gasteiger partial charge in [0.05, 0.1) is 0 Å². The van der Waals surface area contributed by atoms with Crippen molar-refractivity contribution in [2.75, 3.05) is 11.6 Å². The van der Waals surface area contributed by atoms with E-state index in [1.807, 2.05) is 6.07 Å². The third-order valence-corrected chi connectivity index (χ3v) is 4.17. The van der Waals surface area contributed by atoms with Crippen molar-refractivity contribution in [2.24, 2.45) is 0 Å². The van der Waals surface area contributed by atoms with Gasteiger partial charge in [0.25, 0.3) is 0 Å². The van der Waals surface area contributed by atoms with Gasteiger partial charge in [-0.1, -0.05) is 12.1 Å². The van der Waals surface area contributed by atoms with Gasteiger partial charge in [-0.15, -0.1) is 11.6 Å². The molecule has 0 aliphatic rings. The van der Waals surface area contributed by atoms with Crippen molar-refractivity contribution in [2.45, 2.75) is 18.1 Å². The Bertz CT molecular complexity index is 513. The van der Waals surface area contributed by atoms with Crippen LogP contribution in [0.15, 0.2) is 24.3 Å². The molecule has 0 saturated carbocycles. The molecular formula is C11H14ClNO3S. The number of rotatable bonds is 4. The molecule has 0 fully saturated rings. The van der Waals surface area contributed by atoms with E-state index < -0.39 is 21.0 Å². The smallest absolute Gasteiger partial charge is 0.242 e. The fourth-order valence-electron chi connectivity index (χ4n) is 1.17. The minimum Gasteiger partial charge on any atom is -0.325 e. The first-order valence-electron chi connectivity index (χ1n) is 4.99. The fraction of sp³-hybridized carbons (Fsp3) is 0.364. The molecule has 0 spiro atoms. The van der Waals surface area contributed by atoms with Crippen molar-refractivity contribution in [1.82, 2.24) is 0 Å². The third kappa shape index (κ3) is 4.02. The van der Waals surface area contributed by atoms with Gasteiger partial charge in [0, 0.05) is 17.8 Å². The highest BCUT2D eigenvalue weighted by atomic mass is 35.5. The highest BCUT2D eigenvalue weighted by Crippen LogP contribution is 2.13. The molecule has 0 heterocycles. The van der Waals surface area contributed by atoms with Gasteiger partial charge in [-0.2, -0.15) is 0 Å². The number of amides is 1. The summed E-state index contributed by atoms with van der Waals surface area (Å²) in [4.78, 5) is 11.6. The number of alkyl halides is 1. The molecule has 0 radical (unpaired) electrons. The second kappa shape index (κ2) is 5.51. The van der Waals surface area contributed by atoms with Gasteiger partial charge in [-0.25, -0.2) is 8.42 Å². The van der Waals surface area contributed by atoms with E-state index in [4.69, 9.17) is 11.6 Å². The first-order valence-corrected chi connectivity index (χ1v) is 7.48. The van der Waals surface area contributed by atoms with Gasteiger partial charge in [0.2, 0.25) is 5.91 Å². The lowest BCUT2D eigenvalue weighted by Crippen LogP contribution is -2.31. The average molecular weight is 276 g/mol. The van der Waals surface area contributed by atoms with Crippen molar-refractivity contribution in [3.63, 3.8) is 0 Å². The van der Waals surface area contributed by atoms with E-state index in [9.17, 15) is 13.2 Å². The number of anilines is 1. The lowest BCUT2D eigenvalue weighted by molar-refractivity contribution is -0.115. The standard InChI is InChI=1S/C11H14ClNO3S/c1-8(17(2,15)16)11(14)13-10-5-3-4-9(6-10)7-12/h3-6,8H,7H2,1-2H3,(H,13,14). The third-order valence-electron chi connectivity index (χ3n) is 2.36. The number of hydrogen-bond acceptors (Lipinski definition) is 3. The highest BCUT2D eigenvalue weighted by Gasteiger charge is 2.23. The van der Waals surface area contributed by atoms with E-state index in [1.165, 1.54) is 6.92 Å². The van der Waals surface area contributed by atoms with E-state index in [-0.39, 0.29) is 0 Å². The van der Waals surface area contributed by atoms with Crippen molar-refractivity contribution in [3.05, 3.63) is 29.8 Å². The quantitative estimate of drug-likeness (QED) is 0.852. The van der Waals surface area contributed by atoms with Crippen molar-refractivity contribution >= 4 is 33.0 Å². The summed E-state index contributed by atoms with van der Waals surface area (Å²) in [6, 6.07) is 6.96. The van der Waals surface area contributed by atoms with Crippen LogP contribution < -0.4 is 5.32 Å². The summed E-state index contributed by atoms with van der Waals surface area (Å²) < 4.78 is 22.4. The molecule has 94 valence electrons. The van der Waals surface area contributed by atoms with Crippen molar-refractivity contribution in [3.8, 4) is 0 Å². The Morgan fingerprint density at radius 2 is 2.12 bits per heavy atom. The normalized spacial score (nSPS) is 13.1. The topological polar surface area (TPSA) is 63.2 Å². The molecule has 0 bridgehead atoms. The van der Waals surface area contributed by atoms with Crippen LogP contribution in [0, 0.1) is 0 Å². The zero-order valence-electron chi connectivity index (χ0n) is 9.60. The second-order valence-electron chi connectivity index (χ2n) is 3.80. The van der Waals surface area contributed by atoms with E-state index >= 15 is 0 Å². The maximum absolute atomic E-state index is 11.6. The Hall–Kier alpha value is -1.07. The van der Waals surface area contributed by atoms with Crippen LogP contribution in [0.25, 0.3) is 0 Å². The number of carbonyl (C=O) groups is 1. The maximum atomic E-state index is 11.6. The number of benzene rings is 1. The molecule has 1 atom stereocenters. The molecule has 0 aromatic heterocycles. The van der Waals surface area contributed by atoms with E-state index in [0.29, 0.717) is 11.6 Å². The Morgan fingerprint density at radius 1 is 1.47 bits per heavy atom. The first-order chi connectivity index (χ1) is 7.84. The Morgan fingerprint density at radius 3 is 2.65 bits per heavy atom. The van der Waals surface area contributed by atoms with Gasteiger partial charge in [0.15, 0.2) is 9.84 Å². The van der Waals surface area contributed by atoms with Crippen LogP contribution in [0.1, 0.15) is 12.5 Å². The lowest BCUT2D eigenvalue weighted by atomic mass is 10.2. The van der Waals surface area contributed by atoms with Crippen LogP contribution in [0.3, 0.4) is 0 Å². The van der Waals surface area contributed by atoms with Gasteiger partial charge in [-0.05, 0) is 24.6 Å². The molecule has 1 unspecified atom stereocenters. The molecule has 17 heavy (non-hydrogen) atoms. The molecule has 6 heteroatoms. The van der Waals surface area contributed by atoms with Crippen molar-refractivity contribution < 1.29 is 13.2 Å². The number of nitrogens with one attached hydrogen (secondary N) is 1. The molecule has 1 N–H and O–H groups in total. The zero-order valence-corrected chi connectivity index (χ0v) is 11.2. The summed E-state index contributed by atoms with van der Waals surface area (Å²) in [6.45, 7) is 1.36.